The Bertz CT molecular complexity index is 804. The number of sulfone groups is 1. The summed E-state index contributed by atoms with van der Waals surface area (Å²) >= 11 is 0. The van der Waals surface area contributed by atoms with E-state index < -0.39 is 21.6 Å². The zero-order valence-electron chi connectivity index (χ0n) is 10.9. The van der Waals surface area contributed by atoms with Crippen LogP contribution in [0.1, 0.15) is 15.9 Å². The summed E-state index contributed by atoms with van der Waals surface area (Å²) < 4.78 is 37.6. The quantitative estimate of drug-likeness (QED) is 0.659. The van der Waals surface area contributed by atoms with E-state index >= 15 is 0 Å². The molecule has 5 nitrogen and oxygen atoms in total. The first-order valence-electron chi connectivity index (χ1n) is 5.96. The molecule has 2 rings (SSSR count). The number of anilines is 1. The number of halogens is 1. The fourth-order valence-corrected chi connectivity index (χ4v) is 3.38. The van der Waals surface area contributed by atoms with E-state index in [1.807, 2.05) is 0 Å². The molecule has 0 atom stereocenters. The highest BCUT2D eigenvalue weighted by molar-refractivity contribution is 7.90. The molecule has 0 unspecified atom stereocenters. The molecule has 0 bridgehead atoms. The molecule has 21 heavy (non-hydrogen) atoms. The van der Waals surface area contributed by atoms with E-state index in [4.69, 9.17) is 11.5 Å². The standard InChI is InChI=1S/C14H13FN2O3S/c15-11-4-5-13(12(16)7-11)21(19,20)8-9-2-1-3-10(6-9)14(17)18/h1-7H,8,16H2,(H2,17,18). The molecule has 0 aliphatic heterocycles. The minimum atomic E-state index is -3.75. The van der Waals surface area contributed by atoms with Gasteiger partial charge in [-0.1, -0.05) is 12.1 Å². The molecular formula is C14H13FN2O3S. The van der Waals surface area contributed by atoms with E-state index in [1.54, 1.807) is 12.1 Å². The summed E-state index contributed by atoms with van der Waals surface area (Å²) in [5, 5.41) is 0. The van der Waals surface area contributed by atoms with Gasteiger partial charge in [0.1, 0.15) is 5.82 Å². The molecule has 1 amide bonds. The van der Waals surface area contributed by atoms with Crippen LogP contribution in [0.5, 0.6) is 0 Å². The van der Waals surface area contributed by atoms with Crippen LogP contribution in [-0.4, -0.2) is 14.3 Å². The van der Waals surface area contributed by atoms with Gasteiger partial charge in [-0.15, -0.1) is 0 Å². The normalized spacial score (nSPS) is 11.3. The number of nitrogens with two attached hydrogens (primary N) is 2. The predicted octanol–water partition coefficient (Wildman–Crippen LogP) is 1.48. The Kier molecular flexibility index (Phi) is 3.95. The third-order valence-electron chi connectivity index (χ3n) is 2.88. The minimum absolute atomic E-state index is 0.145. The molecule has 0 aliphatic rings. The van der Waals surface area contributed by atoms with Crippen LogP contribution in [0.2, 0.25) is 0 Å². The second-order valence-electron chi connectivity index (χ2n) is 4.51. The second kappa shape index (κ2) is 5.53. The number of carbonyl (C=O) groups excluding carboxylic acids is 1. The van der Waals surface area contributed by atoms with E-state index in [-0.39, 0.29) is 21.9 Å². The number of hydrogen-bond donors (Lipinski definition) is 2. The fraction of sp³-hybridized carbons (Fsp3) is 0.0714. The van der Waals surface area contributed by atoms with Gasteiger partial charge >= 0.3 is 0 Å². The van der Waals surface area contributed by atoms with Crippen molar-refractivity contribution in [2.45, 2.75) is 10.6 Å². The van der Waals surface area contributed by atoms with E-state index in [0.717, 1.165) is 18.2 Å². The number of hydrogen-bond acceptors (Lipinski definition) is 4. The maximum absolute atomic E-state index is 13.0. The van der Waals surface area contributed by atoms with Crippen LogP contribution < -0.4 is 11.5 Å². The predicted molar refractivity (Wildman–Crippen MR) is 76.7 cm³/mol. The number of rotatable bonds is 4. The van der Waals surface area contributed by atoms with Crippen molar-refractivity contribution in [2.75, 3.05) is 5.73 Å². The van der Waals surface area contributed by atoms with Crippen molar-refractivity contribution in [3.05, 3.63) is 59.4 Å². The van der Waals surface area contributed by atoms with E-state index in [2.05, 4.69) is 0 Å². The third kappa shape index (κ3) is 3.38. The average molecular weight is 308 g/mol. The van der Waals surface area contributed by atoms with Gasteiger partial charge in [-0.05, 0) is 35.9 Å². The molecule has 0 heterocycles. The highest BCUT2D eigenvalue weighted by Crippen LogP contribution is 2.23. The first-order valence-corrected chi connectivity index (χ1v) is 7.61. The Hall–Kier alpha value is -2.41. The van der Waals surface area contributed by atoms with Crippen LogP contribution in [0.25, 0.3) is 0 Å². The topological polar surface area (TPSA) is 103 Å². The van der Waals surface area contributed by atoms with Gasteiger partial charge in [0.2, 0.25) is 5.91 Å². The lowest BCUT2D eigenvalue weighted by Crippen LogP contribution is -2.12. The molecule has 0 radical (unpaired) electrons. The molecule has 0 saturated carbocycles. The van der Waals surface area contributed by atoms with Crippen molar-refractivity contribution < 1.29 is 17.6 Å². The lowest BCUT2D eigenvalue weighted by Gasteiger charge is -2.08. The second-order valence-corrected chi connectivity index (χ2v) is 6.46. The van der Waals surface area contributed by atoms with E-state index in [0.29, 0.717) is 5.56 Å². The maximum Gasteiger partial charge on any atom is 0.248 e. The van der Waals surface area contributed by atoms with Gasteiger partial charge in [-0.3, -0.25) is 4.79 Å². The summed E-state index contributed by atoms with van der Waals surface area (Å²) in [5.41, 5.74) is 11.2. The van der Waals surface area contributed by atoms with Crippen LogP contribution in [-0.2, 0) is 15.6 Å². The van der Waals surface area contributed by atoms with Crippen molar-refractivity contribution in [1.82, 2.24) is 0 Å². The Morgan fingerprint density at radius 2 is 1.86 bits per heavy atom. The summed E-state index contributed by atoms with van der Waals surface area (Å²) in [5.74, 6) is -1.61. The van der Waals surface area contributed by atoms with Gasteiger partial charge in [-0.2, -0.15) is 0 Å². The highest BCUT2D eigenvalue weighted by Gasteiger charge is 2.19. The van der Waals surface area contributed by atoms with Gasteiger partial charge in [0, 0.05) is 5.56 Å². The van der Waals surface area contributed by atoms with Crippen LogP contribution in [0.15, 0.2) is 47.4 Å². The highest BCUT2D eigenvalue weighted by atomic mass is 32.2. The first-order chi connectivity index (χ1) is 9.79. The summed E-state index contributed by atoms with van der Waals surface area (Å²) in [7, 11) is -3.75. The minimum Gasteiger partial charge on any atom is -0.398 e. The number of carbonyl (C=O) groups is 1. The molecule has 0 fully saturated rings. The van der Waals surface area contributed by atoms with Crippen molar-refractivity contribution in [2.24, 2.45) is 5.73 Å². The van der Waals surface area contributed by atoms with Crippen LogP contribution in [0.3, 0.4) is 0 Å². The van der Waals surface area contributed by atoms with E-state index in [1.165, 1.54) is 12.1 Å². The number of primary amides is 1. The molecule has 110 valence electrons. The molecule has 0 spiro atoms. The van der Waals surface area contributed by atoms with Crippen molar-refractivity contribution in [3.8, 4) is 0 Å². The van der Waals surface area contributed by atoms with Gasteiger partial charge in [-0.25, -0.2) is 12.8 Å². The molecule has 4 N–H and O–H groups in total. The molecular weight excluding hydrogens is 295 g/mol. The Morgan fingerprint density at radius 3 is 2.48 bits per heavy atom. The monoisotopic (exact) mass is 308 g/mol. The number of benzene rings is 2. The molecule has 2 aromatic rings. The van der Waals surface area contributed by atoms with E-state index in [9.17, 15) is 17.6 Å². The maximum atomic E-state index is 13.0. The van der Waals surface area contributed by atoms with Crippen molar-refractivity contribution in [3.63, 3.8) is 0 Å². The largest absolute Gasteiger partial charge is 0.398 e. The number of amides is 1. The third-order valence-corrected chi connectivity index (χ3v) is 4.63. The van der Waals surface area contributed by atoms with Crippen molar-refractivity contribution >= 4 is 21.4 Å². The Labute approximate surface area is 121 Å². The molecule has 7 heteroatoms. The molecule has 0 aromatic heterocycles. The Morgan fingerprint density at radius 1 is 1.14 bits per heavy atom. The zero-order chi connectivity index (χ0) is 15.6. The van der Waals surface area contributed by atoms with Crippen LogP contribution >= 0.6 is 0 Å². The molecule has 2 aromatic carbocycles. The summed E-state index contributed by atoms with van der Waals surface area (Å²) in [6.45, 7) is 0. The lowest BCUT2D eigenvalue weighted by molar-refractivity contribution is 0.1000. The molecule has 0 saturated heterocycles. The number of nitrogen functional groups attached to an aromatic ring is 1. The molecule has 0 aliphatic carbocycles. The lowest BCUT2D eigenvalue weighted by atomic mass is 10.1. The average Bonchev–Trinajstić information content (AvgIpc) is 2.37. The fourth-order valence-electron chi connectivity index (χ4n) is 1.91. The van der Waals surface area contributed by atoms with Gasteiger partial charge in [0.05, 0.1) is 16.3 Å². The smallest absolute Gasteiger partial charge is 0.248 e. The summed E-state index contributed by atoms with van der Waals surface area (Å²) in [6, 6.07) is 9.10. The Balaban J connectivity index is 2.37. The summed E-state index contributed by atoms with van der Waals surface area (Å²) in [6.07, 6.45) is 0. The van der Waals surface area contributed by atoms with Gasteiger partial charge in [0.25, 0.3) is 0 Å². The van der Waals surface area contributed by atoms with Crippen LogP contribution in [0, 0.1) is 5.82 Å². The van der Waals surface area contributed by atoms with Crippen molar-refractivity contribution in [1.29, 1.82) is 0 Å². The van der Waals surface area contributed by atoms with Gasteiger partial charge in [0.15, 0.2) is 9.84 Å². The van der Waals surface area contributed by atoms with Crippen LogP contribution in [0.4, 0.5) is 10.1 Å². The first kappa shape index (κ1) is 15.0. The SMILES string of the molecule is NC(=O)c1cccc(CS(=O)(=O)c2ccc(F)cc2N)c1. The zero-order valence-corrected chi connectivity index (χ0v) is 11.7. The summed E-state index contributed by atoms with van der Waals surface area (Å²) in [4.78, 5) is 10.9. The van der Waals surface area contributed by atoms with Gasteiger partial charge < -0.3 is 11.5 Å².